The van der Waals surface area contributed by atoms with Crippen LogP contribution < -0.4 is 10.1 Å². The first-order valence-corrected chi connectivity index (χ1v) is 6.68. The first-order valence-electron chi connectivity index (χ1n) is 5.70. The zero-order valence-electron chi connectivity index (χ0n) is 10.3. The molecule has 0 saturated carbocycles. The predicted octanol–water partition coefficient (Wildman–Crippen LogP) is 2.68. The van der Waals surface area contributed by atoms with Gasteiger partial charge in [0.15, 0.2) is 0 Å². The second-order valence-electron chi connectivity index (χ2n) is 3.63. The molecule has 1 unspecified atom stereocenters. The minimum atomic E-state index is -0.0915. The Balaban J connectivity index is 2.45. The van der Waals surface area contributed by atoms with Crippen LogP contribution in [0, 0.1) is 11.3 Å². The molecule has 0 aliphatic heterocycles. The molecule has 0 saturated heterocycles. The van der Waals surface area contributed by atoms with Crippen LogP contribution in [-0.2, 0) is 0 Å². The Bertz CT molecular complexity index is 376. The normalized spacial score (nSPS) is 11.8. The molecule has 0 bridgehead atoms. The second kappa shape index (κ2) is 7.99. The van der Waals surface area contributed by atoms with Crippen LogP contribution in [0.1, 0.15) is 13.3 Å². The lowest BCUT2D eigenvalue weighted by Crippen LogP contribution is -2.30. The van der Waals surface area contributed by atoms with Gasteiger partial charge in [-0.2, -0.15) is 5.26 Å². The predicted molar refractivity (Wildman–Crippen MR) is 71.4 cm³/mol. The van der Waals surface area contributed by atoms with Crippen molar-refractivity contribution in [1.29, 1.82) is 5.26 Å². The maximum absolute atomic E-state index is 8.98. The number of rotatable bonds is 7. The molecule has 1 atom stereocenters. The minimum Gasteiger partial charge on any atom is -0.497 e. The van der Waals surface area contributed by atoms with Crippen LogP contribution in [0.5, 0.6) is 5.75 Å². The summed E-state index contributed by atoms with van der Waals surface area (Å²) in [5.41, 5.74) is 0. The third kappa shape index (κ3) is 5.12. The smallest absolute Gasteiger partial charge is 0.119 e. The number of nitrogens with one attached hydrogen (secondary N) is 1. The van der Waals surface area contributed by atoms with E-state index in [4.69, 9.17) is 10.00 Å². The summed E-state index contributed by atoms with van der Waals surface area (Å²) in [6.45, 7) is 2.98. The molecule has 0 radical (unpaired) electrons. The molecular formula is C13H18N2OS. The Kier molecular flexibility index (Phi) is 6.53. The lowest BCUT2D eigenvalue weighted by molar-refractivity contribution is 0.413. The molecule has 0 aliphatic rings. The average Bonchev–Trinajstić information content (AvgIpc) is 2.39. The molecule has 3 nitrogen and oxygen atoms in total. The van der Waals surface area contributed by atoms with Crippen molar-refractivity contribution in [2.45, 2.75) is 24.3 Å². The zero-order valence-corrected chi connectivity index (χ0v) is 11.1. The van der Waals surface area contributed by atoms with Crippen molar-refractivity contribution in [2.75, 3.05) is 19.4 Å². The quantitative estimate of drug-likeness (QED) is 0.756. The Labute approximate surface area is 107 Å². The summed E-state index contributed by atoms with van der Waals surface area (Å²) in [5, 5.41) is 12.2. The summed E-state index contributed by atoms with van der Waals surface area (Å²) in [4.78, 5) is 1.13. The molecular weight excluding hydrogens is 232 g/mol. The molecule has 1 N–H and O–H groups in total. The lowest BCUT2D eigenvalue weighted by atomic mass is 10.3. The maximum atomic E-state index is 8.98. The standard InChI is InChI=1S/C13H18N2OS/c1-3-7-15-11(9-14)10-17-13-6-4-5-12(8-13)16-2/h4-6,8,11,15H,3,7,10H2,1-2H3. The lowest BCUT2D eigenvalue weighted by Gasteiger charge is -2.10. The monoisotopic (exact) mass is 250 g/mol. The Morgan fingerprint density at radius 3 is 3.00 bits per heavy atom. The van der Waals surface area contributed by atoms with Gasteiger partial charge in [-0.1, -0.05) is 13.0 Å². The highest BCUT2D eigenvalue weighted by Crippen LogP contribution is 2.23. The first kappa shape index (κ1) is 13.9. The van der Waals surface area contributed by atoms with Gasteiger partial charge >= 0.3 is 0 Å². The van der Waals surface area contributed by atoms with Crippen molar-refractivity contribution in [2.24, 2.45) is 0 Å². The number of ether oxygens (including phenoxy) is 1. The van der Waals surface area contributed by atoms with Gasteiger partial charge in [-0.25, -0.2) is 0 Å². The van der Waals surface area contributed by atoms with E-state index in [2.05, 4.69) is 18.3 Å². The fourth-order valence-electron chi connectivity index (χ4n) is 1.33. The van der Waals surface area contributed by atoms with Gasteiger partial charge in [-0.3, -0.25) is 0 Å². The number of nitrogens with zero attached hydrogens (tertiary/aromatic N) is 1. The van der Waals surface area contributed by atoms with Gasteiger partial charge in [-0.05, 0) is 31.2 Å². The molecule has 0 aliphatic carbocycles. The molecule has 0 amide bonds. The van der Waals surface area contributed by atoms with Crippen LogP contribution in [0.15, 0.2) is 29.2 Å². The van der Waals surface area contributed by atoms with Gasteiger partial charge < -0.3 is 10.1 Å². The molecule has 0 spiro atoms. The van der Waals surface area contributed by atoms with Crippen LogP contribution in [0.2, 0.25) is 0 Å². The fraction of sp³-hybridized carbons (Fsp3) is 0.462. The molecule has 1 aromatic rings. The summed E-state index contributed by atoms with van der Waals surface area (Å²) in [6, 6.07) is 10.1. The van der Waals surface area contributed by atoms with Crippen LogP contribution in [0.25, 0.3) is 0 Å². The number of methoxy groups -OCH3 is 1. The summed E-state index contributed by atoms with van der Waals surface area (Å²) >= 11 is 1.67. The van der Waals surface area contributed by atoms with E-state index < -0.39 is 0 Å². The van der Waals surface area contributed by atoms with Crippen LogP contribution in [0.4, 0.5) is 0 Å². The van der Waals surface area contributed by atoms with Crippen LogP contribution >= 0.6 is 11.8 Å². The van der Waals surface area contributed by atoms with Crippen molar-refractivity contribution >= 4 is 11.8 Å². The van der Waals surface area contributed by atoms with Gasteiger partial charge in [0, 0.05) is 10.6 Å². The summed E-state index contributed by atoms with van der Waals surface area (Å²) in [6.07, 6.45) is 1.04. The van der Waals surface area contributed by atoms with E-state index in [1.807, 2.05) is 24.3 Å². The van der Waals surface area contributed by atoms with Crippen LogP contribution in [0.3, 0.4) is 0 Å². The molecule has 4 heteroatoms. The zero-order chi connectivity index (χ0) is 12.5. The number of nitriles is 1. The van der Waals surface area contributed by atoms with Gasteiger partial charge in [0.1, 0.15) is 11.8 Å². The van der Waals surface area contributed by atoms with Crippen LogP contribution in [-0.4, -0.2) is 25.4 Å². The molecule has 0 aromatic heterocycles. The van der Waals surface area contributed by atoms with E-state index in [0.29, 0.717) is 0 Å². The van der Waals surface area contributed by atoms with Gasteiger partial charge in [0.25, 0.3) is 0 Å². The Morgan fingerprint density at radius 2 is 2.35 bits per heavy atom. The van der Waals surface area contributed by atoms with E-state index in [9.17, 15) is 0 Å². The van der Waals surface area contributed by atoms with E-state index in [-0.39, 0.29) is 6.04 Å². The Morgan fingerprint density at radius 1 is 1.53 bits per heavy atom. The van der Waals surface area contributed by atoms with E-state index >= 15 is 0 Å². The highest BCUT2D eigenvalue weighted by atomic mass is 32.2. The van der Waals surface area contributed by atoms with Gasteiger partial charge in [0.2, 0.25) is 0 Å². The van der Waals surface area contributed by atoms with Gasteiger partial charge in [0.05, 0.1) is 13.2 Å². The first-order chi connectivity index (χ1) is 8.30. The molecule has 1 aromatic carbocycles. The SMILES string of the molecule is CCCNC(C#N)CSc1cccc(OC)c1. The van der Waals surface area contributed by atoms with Crippen molar-refractivity contribution in [3.8, 4) is 11.8 Å². The van der Waals surface area contributed by atoms with Crippen molar-refractivity contribution < 1.29 is 4.74 Å². The number of thioether (sulfide) groups is 1. The highest BCUT2D eigenvalue weighted by Gasteiger charge is 2.06. The number of benzene rings is 1. The fourth-order valence-corrected chi connectivity index (χ4v) is 2.26. The maximum Gasteiger partial charge on any atom is 0.119 e. The number of hydrogen-bond acceptors (Lipinski definition) is 4. The van der Waals surface area contributed by atoms with Crippen molar-refractivity contribution in [3.05, 3.63) is 24.3 Å². The van der Waals surface area contributed by atoms with Crippen molar-refractivity contribution in [1.82, 2.24) is 5.32 Å². The molecule has 1 rings (SSSR count). The van der Waals surface area contributed by atoms with Crippen molar-refractivity contribution in [3.63, 3.8) is 0 Å². The third-order valence-electron chi connectivity index (χ3n) is 2.25. The number of hydrogen-bond donors (Lipinski definition) is 1. The molecule has 0 fully saturated rings. The van der Waals surface area contributed by atoms with E-state index in [0.717, 1.165) is 29.4 Å². The second-order valence-corrected chi connectivity index (χ2v) is 4.72. The molecule has 17 heavy (non-hydrogen) atoms. The topological polar surface area (TPSA) is 45.0 Å². The molecule has 0 heterocycles. The third-order valence-corrected chi connectivity index (χ3v) is 3.34. The van der Waals surface area contributed by atoms with E-state index in [1.54, 1.807) is 18.9 Å². The molecule has 92 valence electrons. The average molecular weight is 250 g/mol. The summed E-state index contributed by atoms with van der Waals surface area (Å²) < 4.78 is 5.16. The highest BCUT2D eigenvalue weighted by molar-refractivity contribution is 7.99. The summed E-state index contributed by atoms with van der Waals surface area (Å²) in [5.74, 6) is 1.61. The Hall–Kier alpha value is -1.18. The minimum absolute atomic E-state index is 0.0915. The summed E-state index contributed by atoms with van der Waals surface area (Å²) in [7, 11) is 1.66. The van der Waals surface area contributed by atoms with E-state index in [1.165, 1.54) is 0 Å². The largest absolute Gasteiger partial charge is 0.497 e. The van der Waals surface area contributed by atoms with Gasteiger partial charge in [-0.15, -0.1) is 11.8 Å².